The maximum atomic E-state index is 14.2. The molecule has 224 valence electrons. The van der Waals surface area contributed by atoms with Crippen LogP contribution in [0.25, 0.3) is 0 Å². The van der Waals surface area contributed by atoms with Crippen molar-refractivity contribution in [2.75, 3.05) is 20.2 Å². The first-order valence-electron chi connectivity index (χ1n) is 13.1. The second-order valence-corrected chi connectivity index (χ2v) is 9.74. The molecule has 1 fully saturated rings. The van der Waals surface area contributed by atoms with Gasteiger partial charge in [-0.1, -0.05) is 18.2 Å². The number of alkyl carbamates (subject to hydrolysis) is 1. The first-order valence-corrected chi connectivity index (χ1v) is 13.1. The smallest absolute Gasteiger partial charge is 0.407 e. The number of amidine groups is 1. The van der Waals surface area contributed by atoms with E-state index in [-0.39, 0.29) is 44.1 Å². The largest absolute Gasteiger partial charge is 0.481 e. The van der Waals surface area contributed by atoms with Crippen molar-refractivity contribution in [3.05, 3.63) is 35.4 Å². The van der Waals surface area contributed by atoms with Gasteiger partial charge in [-0.15, -0.1) is 0 Å². The van der Waals surface area contributed by atoms with Gasteiger partial charge >= 0.3 is 12.1 Å². The van der Waals surface area contributed by atoms with Crippen molar-refractivity contribution in [3.8, 4) is 0 Å². The highest BCUT2D eigenvalue weighted by atomic mass is 16.5. The van der Waals surface area contributed by atoms with E-state index in [1.807, 2.05) is 0 Å². The number of nitrogens with zero attached hydrogens (tertiary/aromatic N) is 2. The van der Waals surface area contributed by atoms with E-state index in [9.17, 15) is 29.1 Å². The van der Waals surface area contributed by atoms with Crippen LogP contribution in [0.5, 0.6) is 0 Å². The van der Waals surface area contributed by atoms with E-state index in [1.165, 1.54) is 4.90 Å². The third kappa shape index (κ3) is 9.47. The molecule has 0 spiro atoms. The molecule has 0 saturated carbocycles. The molecule has 1 heterocycles. The Kier molecular flexibility index (Phi) is 12.0. The first kappa shape index (κ1) is 32.5. The summed E-state index contributed by atoms with van der Waals surface area (Å²) in [6.45, 7) is 0.436. The number of nitrogens with one attached hydrogen (secondary N) is 3. The fraction of sp³-hybridized carbons (Fsp3) is 0.500. The molecule has 1 unspecified atom stereocenters. The lowest BCUT2D eigenvalue weighted by atomic mass is 9.84. The third-order valence-electron chi connectivity index (χ3n) is 6.72. The number of ether oxygens (including phenoxy) is 1. The number of likely N-dealkylation sites (tertiary alicyclic amines) is 1. The summed E-state index contributed by atoms with van der Waals surface area (Å²) in [6.07, 6.45) is 0.129. The molecule has 3 amide bonds. The number of carbonyl (C=O) groups excluding carboxylic acids is 4. The van der Waals surface area contributed by atoms with Crippen LogP contribution in [0, 0.1) is 5.41 Å². The van der Waals surface area contributed by atoms with E-state index < -0.39 is 47.9 Å². The topological polar surface area (TPSA) is 256 Å². The Labute approximate surface area is 237 Å². The number of aliphatic imine (C=N–C) groups is 1. The van der Waals surface area contributed by atoms with Gasteiger partial charge < -0.3 is 47.4 Å². The second-order valence-electron chi connectivity index (χ2n) is 9.74. The number of nitrogens with two attached hydrogens (primary N) is 3. The molecule has 10 N–H and O–H groups in total. The maximum Gasteiger partial charge on any atom is 0.407 e. The zero-order valence-electron chi connectivity index (χ0n) is 22.9. The number of rotatable bonds is 15. The molecule has 0 radical (unpaired) electrons. The molecule has 0 aliphatic carbocycles. The van der Waals surface area contributed by atoms with Crippen molar-refractivity contribution in [3.63, 3.8) is 0 Å². The number of guanidine groups is 1. The Balaban J connectivity index is 2.38. The number of carboxylic acid groups (broad SMARTS) is 1. The normalized spacial score (nSPS) is 16.5. The number of nitrogen functional groups attached to an aromatic ring is 1. The van der Waals surface area contributed by atoms with Crippen LogP contribution in [0.3, 0.4) is 0 Å². The van der Waals surface area contributed by atoms with Gasteiger partial charge in [0.25, 0.3) is 0 Å². The summed E-state index contributed by atoms with van der Waals surface area (Å²) in [5.41, 5.74) is 15.3. The maximum absolute atomic E-state index is 14.2. The molecule has 3 atom stereocenters. The molecule has 41 heavy (non-hydrogen) atoms. The zero-order chi connectivity index (χ0) is 30.6. The highest BCUT2D eigenvalue weighted by Crippen LogP contribution is 2.28. The Morgan fingerprint density at radius 3 is 2.63 bits per heavy atom. The van der Waals surface area contributed by atoms with E-state index in [0.29, 0.717) is 36.7 Å². The van der Waals surface area contributed by atoms with Gasteiger partial charge in [-0.25, -0.2) is 4.79 Å². The Hall–Kier alpha value is -4.69. The average Bonchev–Trinajstić information content (AvgIpc) is 3.43. The van der Waals surface area contributed by atoms with Crippen LogP contribution in [0.15, 0.2) is 29.3 Å². The number of benzene rings is 1. The standard InChI is InChI=1S/C26H38N8O7/c1-41-25(40)33-26(10-9-20(36)37,14-16-5-2-6-17(13-16)21(27)28)23(39)34-12-4-8-19(34)22(38)32-18(15-35)7-3-11-31-24(29)30/h2,5-6,13,15,18-19H,3-4,7-12,14H2,1H3,(H3,27,28)(H,32,38)(H,33,40)(H,36,37)(H4,29,30,31)/t18-,19?,26+/m0/s1. The highest BCUT2D eigenvalue weighted by molar-refractivity contribution is 5.96. The Morgan fingerprint density at radius 2 is 2.02 bits per heavy atom. The SMILES string of the molecule is COC(=O)N[C@](CCC(=O)O)(Cc1cccc(C(=N)N)c1)C(=O)N1CCCC1C(=O)N[C@H](C=O)CCCN=C(N)N. The van der Waals surface area contributed by atoms with Gasteiger partial charge in [0.1, 0.15) is 23.7 Å². The van der Waals surface area contributed by atoms with Crippen molar-refractivity contribution >= 4 is 42.0 Å². The lowest BCUT2D eigenvalue weighted by molar-refractivity contribution is -0.145. The Morgan fingerprint density at radius 1 is 1.29 bits per heavy atom. The molecule has 1 aliphatic rings. The minimum Gasteiger partial charge on any atom is -0.481 e. The number of hydrogen-bond acceptors (Lipinski definition) is 8. The summed E-state index contributed by atoms with van der Waals surface area (Å²) in [5.74, 6) is -2.73. The fourth-order valence-electron chi connectivity index (χ4n) is 4.72. The van der Waals surface area contributed by atoms with Gasteiger partial charge in [-0.05, 0) is 43.7 Å². The van der Waals surface area contributed by atoms with Crippen LogP contribution >= 0.6 is 0 Å². The van der Waals surface area contributed by atoms with Gasteiger partial charge in [-0.2, -0.15) is 0 Å². The van der Waals surface area contributed by atoms with Crippen LogP contribution in [0.2, 0.25) is 0 Å². The molecular formula is C26H38N8O7. The molecular weight excluding hydrogens is 536 g/mol. The van der Waals surface area contributed by atoms with Crippen molar-refractivity contribution in [2.45, 2.75) is 62.6 Å². The van der Waals surface area contributed by atoms with E-state index in [2.05, 4.69) is 15.6 Å². The zero-order valence-corrected chi connectivity index (χ0v) is 22.9. The van der Waals surface area contributed by atoms with Gasteiger partial charge in [-0.3, -0.25) is 24.8 Å². The van der Waals surface area contributed by atoms with E-state index in [0.717, 1.165) is 7.11 Å². The number of amides is 3. The lowest BCUT2D eigenvalue weighted by Gasteiger charge is -2.38. The van der Waals surface area contributed by atoms with Crippen LogP contribution < -0.4 is 27.8 Å². The summed E-state index contributed by atoms with van der Waals surface area (Å²) in [4.78, 5) is 68.3. The molecule has 2 rings (SSSR count). The number of methoxy groups -OCH3 is 1. The van der Waals surface area contributed by atoms with Crippen molar-refractivity contribution in [1.29, 1.82) is 5.41 Å². The number of hydrogen-bond donors (Lipinski definition) is 7. The van der Waals surface area contributed by atoms with Crippen molar-refractivity contribution in [2.24, 2.45) is 22.2 Å². The third-order valence-corrected chi connectivity index (χ3v) is 6.72. The van der Waals surface area contributed by atoms with Gasteiger partial charge in [0.15, 0.2) is 5.96 Å². The fourth-order valence-corrected chi connectivity index (χ4v) is 4.72. The van der Waals surface area contributed by atoms with Crippen molar-refractivity contribution < 1.29 is 33.8 Å². The van der Waals surface area contributed by atoms with Crippen LogP contribution in [-0.4, -0.2) is 89.8 Å². The monoisotopic (exact) mass is 574 g/mol. The second kappa shape index (κ2) is 15.2. The van der Waals surface area contributed by atoms with E-state index in [1.54, 1.807) is 24.3 Å². The highest BCUT2D eigenvalue weighted by Gasteiger charge is 2.47. The molecule has 1 aliphatic heterocycles. The summed E-state index contributed by atoms with van der Waals surface area (Å²) in [7, 11) is 1.11. The molecule has 1 saturated heterocycles. The quantitative estimate of drug-likeness (QED) is 0.0593. The molecule has 0 aromatic heterocycles. The molecule has 15 nitrogen and oxygen atoms in total. The van der Waals surface area contributed by atoms with Crippen LogP contribution in [0.4, 0.5) is 4.79 Å². The predicted molar refractivity (Wildman–Crippen MR) is 149 cm³/mol. The molecule has 1 aromatic carbocycles. The number of carboxylic acids is 1. The van der Waals surface area contributed by atoms with Gasteiger partial charge in [0, 0.05) is 31.5 Å². The molecule has 0 bridgehead atoms. The minimum absolute atomic E-state index is 0.0863. The van der Waals surface area contributed by atoms with E-state index in [4.69, 9.17) is 27.3 Å². The Bertz CT molecular complexity index is 1170. The summed E-state index contributed by atoms with van der Waals surface area (Å²) >= 11 is 0. The van der Waals surface area contributed by atoms with Gasteiger partial charge in [0.05, 0.1) is 13.2 Å². The van der Waals surface area contributed by atoms with Crippen LogP contribution in [0.1, 0.15) is 49.7 Å². The lowest BCUT2D eigenvalue weighted by Crippen LogP contribution is -2.63. The van der Waals surface area contributed by atoms with E-state index >= 15 is 0 Å². The number of aldehydes is 1. The summed E-state index contributed by atoms with van der Waals surface area (Å²) in [6, 6.07) is 4.63. The molecule has 15 heteroatoms. The summed E-state index contributed by atoms with van der Waals surface area (Å²) < 4.78 is 4.76. The first-order chi connectivity index (χ1) is 19.4. The number of aliphatic carboxylic acids is 1. The van der Waals surface area contributed by atoms with Crippen molar-refractivity contribution in [1.82, 2.24) is 15.5 Å². The predicted octanol–water partition coefficient (Wildman–Crippen LogP) is -0.799. The summed E-state index contributed by atoms with van der Waals surface area (Å²) in [5, 5.41) is 22.4. The average molecular weight is 575 g/mol. The molecule has 1 aromatic rings. The minimum atomic E-state index is -1.81. The number of carbonyl (C=O) groups is 5. The van der Waals surface area contributed by atoms with Gasteiger partial charge in [0.2, 0.25) is 11.8 Å². The van der Waals surface area contributed by atoms with Crippen LogP contribution in [-0.2, 0) is 30.3 Å².